The van der Waals surface area contributed by atoms with Crippen molar-refractivity contribution in [3.05, 3.63) is 115 Å². The first-order chi connectivity index (χ1) is 15.0. The van der Waals surface area contributed by atoms with Crippen LogP contribution in [-0.4, -0.2) is 5.51 Å². The highest BCUT2D eigenvalue weighted by atomic mass is 33.2. The van der Waals surface area contributed by atoms with Gasteiger partial charge < -0.3 is 0 Å². The Bertz CT molecular complexity index is 1060. The molecule has 0 nitrogen and oxygen atoms in total. The quantitative estimate of drug-likeness (QED) is 0.256. The van der Waals surface area contributed by atoms with Gasteiger partial charge in [-0.2, -0.15) is 13.2 Å². The molecule has 0 saturated carbocycles. The fourth-order valence-corrected chi connectivity index (χ4v) is 9.79. The molecule has 31 heavy (non-hydrogen) atoms. The van der Waals surface area contributed by atoms with Crippen LogP contribution < -0.4 is 0 Å². The van der Waals surface area contributed by atoms with Crippen molar-refractivity contribution in [2.75, 3.05) is 0 Å². The second-order valence-electron chi connectivity index (χ2n) is 6.60. The van der Waals surface area contributed by atoms with Crippen molar-refractivity contribution in [1.29, 1.82) is 0 Å². The Morgan fingerprint density at radius 3 is 1.32 bits per heavy atom. The van der Waals surface area contributed by atoms with Crippen LogP contribution in [0.25, 0.3) is 0 Å². The van der Waals surface area contributed by atoms with Gasteiger partial charge in [-0.1, -0.05) is 66.4 Å². The lowest BCUT2D eigenvalue weighted by atomic mass is 10.3. The average Bonchev–Trinajstić information content (AvgIpc) is 2.79. The molecule has 0 unspecified atom stereocenters. The second kappa shape index (κ2) is 9.47. The van der Waals surface area contributed by atoms with Gasteiger partial charge in [-0.3, -0.25) is 0 Å². The number of benzene rings is 4. The Balaban J connectivity index is 1.84. The molecule has 0 atom stereocenters. The van der Waals surface area contributed by atoms with Crippen LogP contribution >= 0.6 is 31.6 Å². The first-order valence-electron chi connectivity index (χ1n) is 9.51. The summed E-state index contributed by atoms with van der Waals surface area (Å²) in [7, 11) is -2.50. The van der Waals surface area contributed by atoms with E-state index in [1.807, 2.05) is 66.7 Å². The van der Waals surface area contributed by atoms with Crippen LogP contribution in [0.4, 0.5) is 13.2 Å². The van der Waals surface area contributed by atoms with Crippen LogP contribution in [-0.2, 0) is 0 Å². The van der Waals surface area contributed by atoms with Gasteiger partial charge in [-0.25, -0.2) is 0 Å². The molecule has 0 aliphatic carbocycles. The zero-order chi connectivity index (χ0) is 21.7. The molecular formula is C25H19F3S3. The van der Waals surface area contributed by atoms with Crippen molar-refractivity contribution in [1.82, 2.24) is 0 Å². The average molecular weight is 473 g/mol. The number of alkyl halides is 3. The summed E-state index contributed by atoms with van der Waals surface area (Å²) >= 11 is 1.59. The summed E-state index contributed by atoms with van der Waals surface area (Å²) in [6, 6.07) is 35.5. The van der Waals surface area contributed by atoms with Gasteiger partial charge in [0, 0.05) is 35.3 Å². The first kappa shape index (κ1) is 21.9. The lowest BCUT2D eigenvalue weighted by Gasteiger charge is -2.40. The van der Waals surface area contributed by atoms with Gasteiger partial charge in [0.05, 0.1) is 0 Å². The minimum atomic E-state index is -4.39. The maximum atomic E-state index is 14.0. The summed E-state index contributed by atoms with van der Waals surface area (Å²) in [5.41, 5.74) is -4.39. The maximum absolute atomic E-state index is 14.0. The lowest BCUT2D eigenvalue weighted by molar-refractivity contribution is -0.0312. The predicted molar refractivity (Wildman–Crippen MR) is 126 cm³/mol. The van der Waals surface area contributed by atoms with Crippen LogP contribution in [0.2, 0.25) is 0 Å². The minimum Gasteiger partial charge on any atom is -0.160 e. The fourth-order valence-electron chi connectivity index (χ4n) is 3.24. The van der Waals surface area contributed by atoms with Crippen LogP contribution in [0.15, 0.2) is 140 Å². The number of hydrogen-bond acceptors (Lipinski definition) is 2. The number of rotatable bonds is 6. The minimum absolute atomic E-state index is 0.0950. The van der Waals surface area contributed by atoms with Crippen molar-refractivity contribution in [2.24, 2.45) is 0 Å². The standard InChI is InChI=1S/C25H19F3S3/c26-25(27,28)30-31(22-12-6-2-7-13-22,23-14-8-3-9-15-23)24-18-16-21(17-19-24)29-20-10-4-1-5-11-20/h1-19H. The van der Waals surface area contributed by atoms with Crippen molar-refractivity contribution < 1.29 is 13.2 Å². The van der Waals surface area contributed by atoms with Crippen LogP contribution in [0.1, 0.15) is 0 Å². The van der Waals surface area contributed by atoms with Crippen LogP contribution in [0.5, 0.6) is 0 Å². The third kappa shape index (κ3) is 5.14. The highest BCUT2D eigenvalue weighted by Crippen LogP contribution is 2.79. The Morgan fingerprint density at radius 2 is 0.871 bits per heavy atom. The van der Waals surface area contributed by atoms with Gasteiger partial charge in [0.2, 0.25) is 0 Å². The van der Waals surface area contributed by atoms with E-state index in [4.69, 9.17) is 0 Å². The second-order valence-corrected chi connectivity index (χ2v) is 12.9. The summed E-state index contributed by atoms with van der Waals surface area (Å²) in [4.78, 5) is 4.09. The van der Waals surface area contributed by atoms with Crippen molar-refractivity contribution >= 4 is 31.6 Å². The van der Waals surface area contributed by atoms with Gasteiger partial charge in [0.1, 0.15) is 0 Å². The van der Waals surface area contributed by atoms with Gasteiger partial charge >= 0.3 is 5.51 Å². The largest absolute Gasteiger partial charge is 0.451 e. The monoisotopic (exact) mass is 472 g/mol. The lowest BCUT2D eigenvalue weighted by Crippen LogP contribution is -2.08. The molecule has 0 amide bonds. The number of hydrogen-bond donors (Lipinski definition) is 0. The van der Waals surface area contributed by atoms with E-state index < -0.39 is 14.6 Å². The molecule has 0 N–H and O–H groups in total. The van der Waals surface area contributed by atoms with Crippen molar-refractivity contribution in [2.45, 2.75) is 30.0 Å². The van der Waals surface area contributed by atoms with Gasteiger partial charge in [-0.15, -0.1) is 9.06 Å². The van der Waals surface area contributed by atoms with Gasteiger partial charge in [-0.05, 0) is 60.7 Å². The van der Waals surface area contributed by atoms with Gasteiger partial charge in [0.15, 0.2) is 0 Å². The first-order valence-corrected chi connectivity index (χ1v) is 13.3. The summed E-state index contributed by atoms with van der Waals surface area (Å²) in [5.74, 6) is 0. The van der Waals surface area contributed by atoms with Crippen LogP contribution in [0, 0.1) is 0 Å². The topological polar surface area (TPSA) is 0 Å². The highest BCUT2D eigenvalue weighted by molar-refractivity contribution is 8.94. The summed E-state index contributed by atoms with van der Waals surface area (Å²) in [6.45, 7) is 0. The van der Waals surface area contributed by atoms with E-state index in [2.05, 4.69) is 0 Å². The molecule has 0 aliphatic rings. The highest BCUT2D eigenvalue weighted by Gasteiger charge is 2.43. The Kier molecular flexibility index (Phi) is 6.70. The Hall–Kier alpha value is -2.28. The zero-order valence-corrected chi connectivity index (χ0v) is 18.8. The molecular weight excluding hydrogens is 453 g/mol. The van der Waals surface area contributed by atoms with Crippen LogP contribution in [0.3, 0.4) is 0 Å². The molecule has 0 bridgehead atoms. The van der Waals surface area contributed by atoms with E-state index in [1.165, 1.54) is 0 Å². The Morgan fingerprint density at radius 1 is 0.484 bits per heavy atom. The fraction of sp³-hybridized carbons (Fsp3) is 0.0400. The molecule has 4 aromatic rings. The molecule has 0 saturated heterocycles. The molecule has 4 rings (SSSR count). The molecule has 0 fully saturated rings. The third-order valence-electron chi connectivity index (χ3n) is 4.50. The van der Waals surface area contributed by atoms with E-state index in [1.54, 1.807) is 60.3 Å². The third-order valence-corrected chi connectivity index (χ3v) is 11.8. The number of halogens is 3. The van der Waals surface area contributed by atoms with E-state index in [0.717, 1.165) is 9.79 Å². The molecule has 0 aromatic heterocycles. The molecule has 4 aromatic carbocycles. The van der Waals surface area contributed by atoms with E-state index in [9.17, 15) is 13.2 Å². The molecule has 0 heterocycles. The summed E-state index contributed by atoms with van der Waals surface area (Å²) < 4.78 is 41.9. The molecule has 0 aliphatic heterocycles. The Labute approximate surface area is 189 Å². The zero-order valence-electron chi connectivity index (χ0n) is 16.3. The predicted octanol–water partition coefficient (Wildman–Crippen LogP) is 9.29. The molecule has 6 heteroatoms. The molecule has 158 valence electrons. The summed E-state index contributed by atoms with van der Waals surface area (Å²) in [6.07, 6.45) is 0. The normalized spacial score (nSPS) is 12.5. The molecule has 0 radical (unpaired) electrons. The summed E-state index contributed by atoms with van der Waals surface area (Å²) in [5, 5.41) is 0. The SMILES string of the molecule is FC(F)(F)SS(c1ccccc1)(c1ccccc1)c1ccc(Sc2ccccc2)cc1. The maximum Gasteiger partial charge on any atom is 0.451 e. The van der Waals surface area contributed by atoms with E-state index in [-0.39, 0.29) is 10.8 Å². The molecule has 0 spiro atoms. The smallest absolute Gasteiger partial charge is 0.160 e. The van der Waals surface area contributed by atoms with E-state index in [0.29, 0.717) is 14.7 Å². The van der Waals surface area contributed by atoms with Gasteiger partial charge in [0.25, 0.3) is 0 Å². The van der Waals surface area contributed by atoms with E-state index >= 15 is 0 Å². The van der Waals surface area contributed by atoms with Crippen molar-refractivity contribution in [3.63, 3.8) is 0 Å². The van der Waals surface area contributed by atoms with Crippen molar-refractivity contribution in [3.8, 4) is 0 Å².